The molecule has 0 radical (unpaired) electrons. The highest BCUT2D eigenvalue weighted by Gasteiger charge is 2.29. The van der Waals surface area contributed by atoms with E-state index in [9.17, 15) is 4.39 Å². The lowest BCUT2D eigenvalue weighted by Crippen LogP contribution is -2.56. The molecule has 0 saturated carbocycles. The van der Waals surface area contributed by atoms with E-state index in [1.807, 2.05) is 12.1 Å². The number of aryl methyl sites for hydroxylation is 1. The predicted molar refractivity (Wildman–Crippen MR) is 121 cm³/mol. The fourth-order valence-corrected chi connectivity index (χ4v) is 4.11. The van der Waals surface area contributed by atoms with Crippen LogP contribution in [-0.4, -0.2) is 65.1 Å². The van der Waals surface area contributed by atoms with Crippen molar-refractivity contribution < 1.29 is 10.6 Å². The van der Waals surface area contributed by atoms with E-state index < -0.39 is 5.82 Å². The monoisotopic (exact) mass is 435 g/mol. The molecule has 2 fully saturated rings. The fraction of sp³-hybridized carbons (Fsp3) is 0.348. The first-order valence-corrected chi connectivity index (χ1v) is 10.7. The van der Waals surface area contributed by atoms with Crippen molar-refractivity contribution in [3.05, 3.63) is 59.7 Å². The van der Waals surface area contributed by atoms with Gasteiger partial charge < -0.3 is 15.0 Å². The van der Waals surface area contributed by atoms with Gasteiger partial charge in [-0.25, -0.2) is 9.07 Å². The molecule has 0 atom stereocenters. The summed E-state index contributed by atoms with van der Waals surface area (Å²) in [7, 11) is 0. The molecule has 0 aliphatic carbocycles. The van der Waals surface area contributed by atoms with Gasteiger partial charge in [0.25, 0.3) is 0 Å². The first kappa shape index (κ1) is 20.4. The number of ether oxygens (including phenoxy) is 1. The first-order valence-electron chi connectivity index (χ1n) is 10.7. The maximum atomic E-state index is 13.9. The van der Waals surface area contributed by atoms with Crippen LogP contribution < -0.4 is 10.2 Å². The maximum absolute atomic E-state index is 13.9. The van der Waals surface area contributed by atoms with Crippen molar-refractivity contribution in [3.8, 4) is 11.8 Å². The number of aromatic nitrogens is 3. The molecule has 3 heterocycles. The summed E-state index contributed by atoms with van der Waals surface area (Å²) in [6.07, 6.45) is 1.52. The number of hydrogen-bond acceptors (Lipinski definition) is 7. The van der Waals surface area contributed by atoms with Gasteiger partial charge in [-0.15, -0.1) is 5.10 Å². The van der Waals surface area contributed by atoms with Crippen LogP contribution in [-0.2, 0) is 4.74 Å². The number of halogens is 1. The molecular weight excluding hydrogens is 409 g/mol. The Morgan fingerprint density at radius 3 is 2.62 bits per heavy atom. The van der Waals surface area contributed by atoms with E-state index in [0.29, 0.717) is 17.7 Å². The van der Waals surface area contributed by atoms with Crippen LogP contribution in [0.15, 0.2) is 42.7 Å². The topological polar surface area (TPSA) is 82.2 Å². The molecule has 2 aromatic carbocycles. The highest BCUT2D eigenvalue weighted by atomic mass is 19.1. The lowest BCUT2D eigenvalue weighted by atomic mass is 10.1. The normalized spacial score (nSPS) is 17.1. The number of anilines is 3. The second-order valence-corrected chi connectivity index (χ2v) is 8.19. The molecule has 5 rings (SSSR count). The number of benzene rings is 2. The molecular formula is C23H26FN7O. The summed E-state index contributed by atoms with van der Waals surface area (Å²) >= 11 is 0. The van der Waals surface area contributed by atoms with Gasteiger partial charge in [0.05, 0.1) is 30.5 Å². The largest absolute Gasteiger partial charge is 0.378 e. The number of hydrogen-bond donors (Lipinski definition) is 1. The van der Waals surface area contributed by atoms with Crippen LogP contribution in [0.4, 0.5) is 21.7 Å². The summed E-state index contributed by atoms with van der Waals surface area (Å²) in [6.45, 7) is 7.82. The van der Waals surface area contributed by atoms with Crippen LogP contribution in [0.5, 0.6) is 0 Å². The third kappa shape index (κ3) is 4.15. The van der Waals surface area contributed by atoms with Crippen LogP contribution in [0.25, 0.3) is 5.69 Å². The zero-order chi connectivity index (χ0) is 22.1. The Hall–Kier alpha value is -3.48. The van der Waals surface area contributed by atoms with Gasteiger partial charge in [-0.05, 0) is 42.8 Å². The Balaban J connectivity index is 0.00000259. The Morgan fingerprint density at radius 1 is 1.12 bits per heavy atom. The van der Waals surface area contributed by atoms with E-state index in [0.717, 1.165) is 50.6 Å². The summed E-state index contributed by atoms with van der Waals surface area (Å²) in [5.74, 6) is -0.163. The van der Waals surface area contributed by atoms with Crippen molar-refractivity contribution in [1.29, 1.82) is 5.26 Å². The second-order valence-electron chi connectivity index (χ2n) is 8.19. The van der Waals surface area contributed by atoms with Crippen LogP contribution in [0.3, 0.4) is 0 Å². The molecule has 1 aromatic heterocycles. The molecule has 0 spiro atoms. The van der Waals surface area contributed by atoms with E-state index in [2.05, 4.69) is 44.3 Å². The van der Waals surface area contributed by atoms with Crippen molar-refractivity contribution in [2.24, 2.45) is 0 Å². The smallest absolute Gasteiger partial charge is 0.246 e. The minimum atomic E-state index is -0.580. The summed E-state index contributed by atoms with van der Waals surface area (Å²) in [5.41, 5.74) is 3.72. The van der Waals surface area contributed by atoms with Crippen LogP contribution >= 0.6 is 0 Å². The fourth-order valence-electron chi connectivity index (χ4n) is 4.11. The van der Waals surface area contributed by atoms with Gasteiger partial charge in [-0.3, -0.25) is 4.90 Å². The van der Waals surface area contributed by atoms with Crippen molar-refractivity contribution >= 4 is 17.3 Å². The minimum absolute atomic E-state index is 0. The summed E-state index contributed by atoms with van der Waals surface area (Å²) in [6, 6.07) is 13.1. The van der Waals surface area contributed by atoms with Gasteiger partial charge >= 0.3 is 0 Å². The molecule has 166 valence electrons. The lowest BCUT2D eigenvalue weighted by Gasteiger charge is -2.43. The molecule has 9 heteroatoms. The van der Waals surface area contributed by atoms with Gasteiger partial charge in [-0.2, -0.15) is 10.2 Å². The highest BCUT2D eigenvalue weighted by Crippen LogP contribution is 2.26. The Morgan fingerprint density at radius 2 is 1.94 bits per heavy atom. The number of rotatable bonds is 5. The van der Waals surface area contributed by atoms with E-state index in [1.165, 1.54) is 28.8 Å². The third-order valence-electron chi connectivity index (χ3n) is 5.96. The summed E-state index contributed by atoms with van der Waals surface area (Å²) < 4.78 is 20.7. The average Bonchev–Trinajstić information content (AvgIpc) is 3.21. The number of piperazine rings is 1. The van der Waals surface area contributed by atoms with E-state index in [4.69, 9.17) is 10.00 Å². The molecule has 32 heavy (non-hydrogen) atoms. The minimum Gasteiger partial charge on any atom is -0.378 e. The predicted octanol–water partition coefficient (Wildman–Crippen LogP) is 3.10. The zero-order valence-corrected chi connectivity index (χ0v) is 17.8. The van der Waals surface area contributed by atoms with E-state index in [-0.39, 0.29) is 6.99 Å². The lowest BCUT2D eigenvalue weighted by molar-refractivity contribution is -0.0660. The molecule has 0 unspecified atom stereocenters. The molecule has 2 aliphatic rings. The third-order valence-corrected chi connectivity index (χ3v) is 5.96. The molecule has 3 aromatic rings. The van der Waals surface area contributed by atoms with E-state index in [1.54, 1.807) is 6.07 Å². The number of nitrogens with zero attached hydrogens (tertiary/aromatic N) is 6. The van der Waals surface area contributed by atoms with Crippen molar-refractivity contribution in [2.75, 3.05) is 49.6 Å². The highest BCUT2D eigenvalue weighted by molar-refractivity contribution is 5.64. The van der Waals surface area contributed by atoms with Gasteiger partial charge in [0.15, 0.2) is 0 Å². The van der Waals surface area contributed by atoms with Gasteiger partial charge in [0, 0.05) is 45.0 Å². The molecule has 8 nitrogen and oxygen atoms in total. The first-order chi connectivity index (χ1) is 15.6. The molecule has 0 bridgehead atoms. The van der Waals surface area contributed by atoms with Gasteiger partial charge in [0.2, 0.25) is 5.95 Å². The molecule has 0 amide bonds. The molecule has 2 saturated heterocycles. The van der Waals surface area contributed by atoms with E-state index >= 15 is 0 Å². The molecule has 1 N–H and O–H groups in total. The van der Waals surface area contributed by atoms with Gasteiger partial charge in [-0.1, -0.05) is 0 Å². The van der Waals surface area contributed by atoms with Crippen molar-refractivity contribution in [2.45, 2.75) is 13.0 Å². The quantitative estimate of drug-likeness (QED) is 0.659. The Labute approximate surface area is 187 Å². The Kier molecular flexibility index (Phi) is 5.47. The standard InChI is InChI=1S/C23H24FN7O.H2/c1-16-8-18(10-20(9-16)29-4-6-30(7-5-29)21-13-32-14-21)27-23-26-15-31(28-23)19-3-2-17(12-25)22(24)11-19;/h2-3,8-11,15,21H,4-7,13-14H2,1H3,(H,27,28);1H. The maximum Gasteiger partial charge on any atom is 0.246 e. The average molecular weight is 436 g/mol. The van der Waals surface area contributed by atoms with Gasteiger partial charge in [0.1, 0.15) is 18.2 Å². The number of nitriles is 1. The summed E-state index contributed by atoms with van der Waals surface area (Å²) in [5, 5.41) is 16.5. The Bertz CT molecular complexity index is 1170. The molecule has 2 aliphatic heterocycles. The van der Waals surface area contributed by atoms with Crippen molar-refractivity contribution in [1.82, 2.24) is 19.7 Å². The van der Waals surface area contributed by atoms with Crippen LogP contribution in [0.1, 0.15) is 12.6 Å². The number of nitrogens with one attached hydrogen (secondary N) is 1. The van der Waals surface area contributed by atoms with Crippen LogP contribution in [0, 0.1) is 24.1 Å². The SMILES string of the molecule is Cc1cc(Nc2ncn(-c3ccc(C#N)c(F)c3)n2)cc(N2CCN(C3COC3)CC2)c1.[HH]. The van der Waals surface area contributed by atoms with Crippen LogP contribution in [0.2, 0.25) is 0 Å². The zero-order valence-electron chi connectivity index (χ0n) is 17.8. The summed E-state index contributed by atoms with van der Waals surface area (Å²) in [4.78, 5) is 9.21. The second kappa shape index (κ2) is 8.57. The van der Waals surface area contributed by atoms with Crippen molar-refractivity contribution in [3.63, 3.8) is 0 Å².